The van der Waals surface area contributed by atoms with Crippen LogP contribution in [0.5, 0.6) is 11.5 Å². The van der Waals surface area contributed by atoms with Crippen LogP contribution in [-0.2, 0) is 14.3 Å². The van der Waals surface area contributed by atoms with Gasteiger partial charge in [0.1, 0.15) is 11.5 Å². The van der Waals surface area contributed by atoms with Crippen molar-refractivity contribution in [3.05, 3.63) is 46.4 Å². The zero-order valence-corrected chi connectivity index (χ0v) is 16.9. The Morgan fingerprint density at radius 3 is 2.33 bits per heavy atom. The Labute approximate surface area is 171 Å². The fourth-order valence-electron chi connectivity index (χ4n) is 2.00. The topological polar surface area (TPSA) is 73.9 Å². The molecule has 0 aliphatic carbocycles. The van der Waals surface area contributed by atoms with E-state index in [1.165, 1.54) is 32.0 Å². The van der Waals surface area contributed by atoms with Crippen molar-refractivity contribution in [1.82, 2.24) is 0 Å². The Balaban J connectivity index is 1.84. The van der Waals surface area contributed by atoms with Gasteiger partial charge >= 0.3 is 5.97 Å². The molecule has 144 valence electrons. The van der Waals surface area contributed by atoms with Gasteiger partial charge in [-0.25, -0.2) is 0 Å². The third kappa shape index (κ3) is 6.53. The molecule has 1 N–H and O–H groups in total. The average Bonchev–Trinajstić information content (AvgIpc) is 2.66. The fraction of sp³-hybridized carbons (Fsp3) is 0.222. The molecule has 2 rings (SSSR count). The summed E-state index contributed by atoms with van der Waals surface area (Å²) in [6, 6.07) is 10.1. The van der Waals surface area contributed by atoms with Crippen molar-refractivity contribution in [2.75, 3.05) is 31.9 Å². The highest BCUT2D eigenvalue weighted by molar-refractivity contribution is 8.00. The second-order valence-corrected chi connectivity index (χ2v) is 7.03. The van der Waals surface area contributed by atoms with Gasteiger partial charge in [-0.15, -0.1) is 11.8 Å². The highest BCUT2D eigenvalue weighted by Gasteiger charge is 2.14. The smallest absolute Gasteiger partial charge is 0.316 e. The minimum absolute atomic E-state index is 0.0760. The van der Waals surface area contributed by atoms with Crippen LogP contribution in [0.4, 0.5) is 5.69 Å². The van der Waals surface area contributed by atoms with E-state index >= 15 is 0 Å². The summed E-state index contributed by atoms with van der Waals surface area (Å²) in [5.74, 6) is -0.164. The van der Waals surface area contributed by atoms with Crippen molar-refractivity contribution < 1.29 is 23.8 Å². The summed E-state index contributed by atoms with van der Waals surface area (Å²) in [4.78, 5) is 24.7. The predicted molar refractivity (Wildman–Crippen MR) is 106 cm³/mol. The maximum Gasteiger partial charge on any atom is 0.316 e. The van der Waals surface area contributed by atoms with E-state index in [2.05, 4.69) is 5.32 Å². The number of halogens is 2. The van der Waals surface area contributed by atoms with Gasteiger partial charge in [0.2, 0.25) is 0 Å². The van der Waals surface area contributed by atoms with E-state index in [4.69, 9.17) is 37.4 Å². The number of methoxy groups -OCH3 is 2. The van der Waals surface area contributed by atoms with Gasteiger partial charge in [0.05, 0.1) is 30.7 Å². The molecule has 0 bridgehead atoms. The SMILES string of the molecule is COc1cc(OC)c(NC(=O)COC(=O)CSc2ccc(Cl)cc2)cc1Cl. The number of hydrogen-bond acceptors (Lipinski definition) is 6. The van der Waals surface area contributed by atoms with Crippen LogP contribution < -0.4 is 14.8 Å². The van der Waals surface area contributed by atoms with Crippen molar-refractivity contribution in [2.45, 2.75) is 4.90 Å². The van der Waals surface area contributed by atoms with E-state index < -0.39 is 18.5 Å². The molecule has 0 aromatic heterocycles. The van der Waals surface area contributed by atoms with Crippen molar-refractivity contribution in [3.8, 4) is 11.5 Å². The zero-order valence-electron chi connectivity index (χ0n) is 14.6. The van der Waals surface area contributed by atoms with E-state index in [1.54, 1.807) is 30.3 Å². The molecule has 0 spiro atoms. The molecule has 2 aromatic rings. The van der Waals surface area contributed by atoms with Crippen LogP contribution in [0, 0.1) is 0 Å². The summed E-state index contributed by atoms with van der Waals surface area (Å²) in [6.45, 7) is -0.424. The first-order valence-corrected chi connectivity index (χ1v) is 9.42. The molecular formula is C18H17Cl2NO5S. The molecule has 9 heteroatoms. The van der Waals surface area contributed by atoms with Gasteiger partial charge in [0.15, 0.2) is 6.61 Å². The lowest BCUT2D eigenvalue weighted by molar-refractivity contribution is -0.144. The van der Waals surface area contributed by atoms with Gasteiger partial charge in [-0.1, -0.05) is 23.2 Å². The minimum Gasteiger partial charge on any atom is -0.495 e. The van der Waals surface area contributed by atoms with Gasteiger partial charge in [-0.05, 0) is 30.3 Å². The second-order valence-electron chi connectivity index (χ2n) is 5.14. The Kier molecular flexibility index (Phi) is 8.09. The molecule has 0 heterocycles. The predicted octanol–water partition coefficient (Wildman–Crippen LogP) is 4.28. The first-order chi connectivity index (χ1) is 12.9. The number of thioether (sulfide) groups is 1. The quantitative estimate of drug-likeness (QED) is 0.498. The van der Waals surface area contributed by atoms with Crippen LogP contribution >= 0.6 is 35.0 Å². The lowest BCUT2D eigenvalue weighted by Gasteiger charge is -2.13. The largest absolute Gasteiger partial charge is 0.495 e. The molecule has 0 fully saturated rings. The highest BCUT2D eigenvalue weighted by Crippen LogP contribution is 2.35. The zero-order chi connectivity index (χ0) is 19.8. The average molecular weight is 430 g/mol. The molecule has 0 aliphatic heterocycles. The molecule has 1 amide bonds. The van der Waals surface area contributed by atoms with Crippen LogP contribution in [0.15, 0.2) is 41.3 Å². The normalized spacial score (nSPS) is 10.2. The second kappa shape index (κ2) is 10.3. The number of rotatable bonds is 8. The third-order valence-electron chi connectivity index (χ3n) is 3.28. The van der Waals surface area contributed by atoms with Gasteiger partial charge in [0, 0.05) is 16.0 Å². The van der Waals surface area contributed by atoms with E-state index in [0.717, 1.165) is 4.90 Å². The molecule has 0 saturated heterocycles. The number of hydrogen-bond donors (Lipinski definition) is 1. The van der Waals surface area contributed by atoms with Crippen LogP contribution in [0.25, 0.3) is 0 Å². The van der Waals surface area contributed by atoms with Gasteiger partial charge < -0.3 is 19.5 Å². The molecule has 6 nitrogen and oxygen atoms in total. The lowest BCUT2D eigenvalue weighted by atomic mass is 10.2. The third-order valence-corrected chi connectivity index (χ3v) is 4.82. The number of esters is 1. The maximum absolute atomic E-state index is 12.0. The Morgan fingerprint density at radius 1 is 1.04 bits per heavy atom. The Morgan fingerprint density at radius 2 is 1.70 bits per heavy atom. The molecule has 0 saturated carbocycles. The van der Waals surface area contributed by atoms with Crippen molar-refractivity contribution in [3.63, 3.8) is 0 Å². The minimum atomic E-state index is -0.514. The van der Waals surface area contributed by atoms with E-state index in [0.29, 0.717) is 27.2 Å². The Bertz CT molecular complexity index is 814. The van der Waals surface area contributed by atoms with Crippen LogP contribution in [0.3, 0.4) is 0 Å². The molecule has 0 aliphatic rings. The molecule has 2 aromatic carbocycles. The monoisotopic (exact) mass is 429 g/mol. The van der Waals surface area contributed by atoms with Crippen molar-refractivity contribution in [1.29, 1.82) is 0 Å². The summed E-state index contributed by atoms with van der Waals surface area (Å²) >= 11 is 13.1. The summed E-state index contributed by atoms with van der Waals surface area (Å²) in [6.07, 6.45) is 0. The lowest BCUT2D eigenvalue weighted by Crippen LogP contribution is -2.22. The summed E-state index contributed by atoms with van der Waals surface area (Å²) in [7, 11) is 2.92. The maximum atomic E-state index is 12.0. The summed E-state index contributed by atoms with van der Waals surface area (Å²) in [5.41, 5.74) is 0.347. The molecule has 0 radical (unpaired) electrons. The molecule has 0 unspecified atom stereocenters. The summed E-state index contributed by atoms with van der Waals surface area (Å²) in [5, 5.41) is 3.51. The number of nitrogens with one attached hydrogen (secondary N) is 1. The fourth-order valence-corrected chi connectivity index (χ4v) is 3.07. The Hall–Kier alpha value is -2.09. The first-order valence-electron chi connectivity index (χ1n) is 7.68. The number of carbonyl (C=O) groups is 2. The van der Waals surface area contributed by atoms with Gasteiger partial charge in [-0.2, -0.15) is 0 Å². The van der Waals surface area contributed by atoms with E-state index in [-0.39, 0.29) is 5.75 Å². The van der Waals surface area contributed by atoms with Crippen molar-refractivity contribution in [2.24, 2.45) is 0 Å². The highest BCUT2D eigenvalue weighted by atomic mass is 35.5. The van der Waals surface area contributed by atoms with Crippen LogP contribution in [-0.4, -0.2) is 38.5 Å². The number of benzene rings is 2. The van der Waals surface area contributed by atoms with Crippen molar-refractivity contribution >= 4 is 52.5 Å². The van der Waals surface area contributed by atoms with E-state index in [9.17, 15) is 9.59 Å². The molecule has 0 atom stereocenters. The molecule has 27 heavy (non-hydrogen) atoms. The van der Waals surface area contributed by atoms with Gasteiger partial charge in [0.25, 0.3) is 5.91 Å². The molecular weight excluding hydrogens is 413 g/mol. The first kappa shape index (κ1) is 21.2. The number of anilines is 1. The number of amides is 1. The number of ether oxygens (including phenoxy) is 3. The standard InChI is InChI=1S/C18H17Cl2NO5S/c1-24-15-8-16(25-2)14(7-13(15)20)21-17(22)9-26-18(23)10-27-12-5-3-11(19)4-6-12/h3-8H,9-10H2,1-2H3,(H,21,22). The van der Waals surface area contributed by atoms with Gasteiger partial charge in [-0.3, -0.25) is 9.59 Å². The van der Waals surface area contributed by atoms with Crippen LogP contribution in [0.1, 0.15) is 0 Å². The van der Waals surface area contributed by atoms with E-state index in [1.807, 2.05) is 0 Å². The number of carbonyl (C=O) groups excluding carboxylic acids is 2. The van der Waals surface area contributed by atoms with Crippen LogP contribution in [0.2, 0.25) is 10.0 Å². The summed E-state index contributed by atoms with van der Waals surface area (Å²) < 4.78 is 15.3.